The molecule has 2 unspecified atom stereocenters. The third kappa shape index (κ3) is 4.18. The van der Waals surface area contributed by atoms with Crippen LogP contribution in [0.3, 0.4) is 0 Å². The monoisotopic (exact) mass is 268 g/mol. The van der Waals surface area contributed by atoms with Gasteiger partial charge in [0.25, 0.3) is 0 Å². The Morgan fingerprint density at radius 2 is 2.06 bits per heavy atom. The smallest absolute Gasteiger partial charge is 0.0426 e. The largest absolute Gasteiger partial charge is 0.309 e. The number of pyridine rings is 1. The maximum absolute atomic E-state index is 11.4. The zero-order valence-corrected chi connectivity index (χ0v) is 12.9. The molecule has 1 aromatic rings. The van der Waals surface area contributed by atoms with E-state index in [1.54, 1.807) is 0 Å². The van der Waals surface area contributed by atoms with Crippen LogP contribution in [0, 0.1) is 20.8 Å². The van der Waals surface area contributed by atoms with Gasteiger partial charge in [-0.1, -0.05) is 6.92 Å². The molecule has 1 heterocycles. The van der Waals surface area contributed by atoms with Crippen LogP contribution in [0.1, 0.15) is 42.4 Å². The second kappa shape index (κ2) is 7.00. The number of aryl methyl sites for hydroxylation is 3. The van der Waals surface area contributed by atoms with Gasteiger partial charge in [0.05, 0.1) is 0 Å². The van der Waals surface area contributed by atoms with Crippen LogP contribution in [-0.2, 0) is 10.8 Å². The summed E-state index contributed by atoms with van der Waals surface area (Å²) < 4.78 is 11.4. The molecule has 3 nitrogen and oxygen atoms in total. The summed E-state index contributed by atoms with van der Waals surface area (Å²) in [6.07, 6.45) is 0. The van der Waals surface area contributed by atoms with Crippen LogP contribution >= 0.6 is 0 Å². The van der Waals surface area contributed by atoms with Gasteiger partial charge in [0.15, 0.2) is 0 Å². The number of nitrogens with zero attached hydrogens (tertiary/aromatic N) is 1. The Bertz CT molecular complexity index is 409. The van der Waals surface area contributed by atoms with E-state index in [4.69, 9.17) is 0 Å². The summed E-state index contributed by atoms with van der Waals surface area (Å²) in [5.41, 5.74) is 4.69. The summed E-state index contributed by atoms with van der Waals surface area (Å²) in [6, 6.07) is 2.37. The first-order valence-corrected chi connectivity index (χ1v) is 7.97. The molecule has 0 aliphatic carbocycles. The Hall–Kier alpha value is -0.740. The van der Waals surface area contributed by atoms with Crippen LogP contribution in [0.25, 0.3) is 0 Å². The molecule has 0 amide bonds. The van der Waals surface area contributed by atoms with E-state index in [0.29, 0.717) is 0 Å². The summed E-state index contributed by atoms with van der Waals surface area (Å²) in [5, 5.41) is 3.43. The van der Waals surface area contributed by atoms with E-state index in [2.05, 4.69) is 37.1 Å². The first-order chi connectivity index (χ1) is 8.45. The highest BCUT2D eigenvalue weighted by Crippen LogP contribution is 2.20. The fourth-order valence-corrected chi connectivity index (χ4v) is 2.96. The lowest BCUT2D eigenvalue weighted by Gasteiger charge is -2.19. The van der Waals surface area contributed by atoms with Crippen molar-refractivity contribution in [1.82, 2.24) is 10.3 Å². The zero-order chi connectivity index (χ0) is 13.7. The normalized spacial score (nSPS) is 14.5. The predicted octanol–water partition coefficient (Wildman–Crippen LogP) is 2.43. The van der Waals surface area contributed by atoms with Crippen molar-refractivity contribution in [3.05, 3.63) is 28.6 Å². The molecule has 0 aliphatic heterocycles. The fraction of sp³-hybridized carbons (Fsp3) is 0.643. The molecule has 0 saturated heterocycles. The number of nitrogens with one attached hydrogen (secondary N) is 1. The molecule has 0 fully saturated rings. The van der Waals surface area contributed by atoms with Crippen molar-refractivity contribution >= 4 is 10.8 Å². The van der Waals surface area contributed by atoms with E-state index < -0.39 is 10.8 Å². The summed E-state index contributed by atoms with van der Waals surface area (Å²) in [5.74, 6) is 1.46. The Labute approximate surface area is 113 Å². The van der Waals surface area contributed by atoms with Crippen molar-refractivity contribution in [3.8, 4) is 0 Å². The van der Waals surface area contributed by atoms with E-state index in [-0.39, 0.29) is 6.04 Å². The minimum Gasteiger partial charge on any atom is -0.309 e. The molecule has 0 bridgehead atoms. The maximum atomic E-state index is 11.4. The van der Waals surface area contributed by atoms with Gasteiger partial charge in [-0.25, -0.2) is 0 Å². The Kier molecular flexibility index (Phi) is 5.96. The van der Waals surface area contributed by atoms with Crippen molar-refractivity contribution < 1.29 is 4.21 Å². The molecule has 4 heteroatoms. The van der Waals surface area contributed by atoms with Crippen LogP contribution in [0.4, 0.5) is 0 Å². The van der Waals surface area contributed by atoms with E-state index in [9.17, 15) is 4.21 Å². The molecular weight excluding hydrogens is 244 g/mol. The topological polar surface area (TPSA) is 42.0 Å². The highest BCUT2D eigenvalue weighted by Gasteiger charge is 2.12. The van der Waals surface area contributed by atoms with E-state index >= 15 is 0 Å². The van der Waals surface area contributed by atoms with Crippen molar-refractivity contribution in [3.63, 3.8) is 0 Å². The fourth-order valence-electron chi connectivity index (χ4n) is 2.32. The quantitative estimate of drug-likeness (QED) is 0.861. The number of hydrogen-bond donors (Lipinski definition) is 1. The van der Waals surface area contributed by atoms with Crippen molar-refractivity contribution in [2.24, 2.45) is 0 Å². The molecule has 1 N–H and O–H groups in total. The Balaban J connectivity index is 2.67. The molecule has 1 rings (SSSR count). The predicted molar refractivity (Wildman–Crippen MR) is 78.4 cm³/mol. The Morgan fingerprint density at radius 1 is 1.39 bits per heavy atom. The number of rotatable bonds is 6. The van der Waals surface area contributed by atoms with Gasteiger partial charge in [-0.05, 0) is 44.9 Å². The molecule has 0 spiro atoms. The van der Waals surface area contributed by atoms with Crippen molar-refractivity contribution in [2.45, 2.75) is 40.7 Å². The van der Waals surface area contributed by atoms with Gasteiger partial charge in [-0.3, -0.25) is 9.19 Å². The molecule has 0 saturated carbocycles. The minimum atomic E-state index is -0.692. The highest BCUT2D eigenvalue weighted by atomic mass is 32.2. The highest BCUT2D eigenvalue weighted by molar-refractivity contribution is 7.84. The van der Waals surface area contributed by atoms with Gasteiger partial charge >= 0.3 is 0 Å². The van der Waals surface area contributed by atoms with E-state index in [1.165, 1.54) is 11.1 Å². The second-order valence-electron chi connectivity index (χ2n) is 4.69. The van der Waals surface area contributed by atoms with Crippen LogP contribution < -0.4 is 5.32 Å². The molecule has 102 valence electrons. The van der Waals surface area contributed by atoms with Gasteiger partial charge in [0.2, 0.25) is 0 Å². The SMILES string of the molecule is CCS(=O)CCNC(C)c1c(C)cc(C)nc1C. The molecule has 0 aliphatic rings. The van der Waals surface area contributed by atoms with Crippen LogP contribution in [0.2, 0.25) is 0 Å². The summed E-state index contributed by atoms with van der Waals surface area (Å²) in [7, 11) is -0.692. The van der Waals surface area contributed by atoms with Gasteiger partial charge in [0.1, 0.15) is 0 Å². The standard InChI is InChI=1S/C14H24N2OS/c1-6-18(17)8-7-15-12(4)14-10(2)9-11(3)16-13(14)5/h9,12,15H,6-8H2,1-5H3. The summed E-state index contributed by atoms with van der Waals surface area (Å²) in [6.45, 7) is 11.1. The molecule has 0 aromatic carbocycles. The lowest BCUT2D eigenvalue weighted by atomic mass is 10.0. The Morgan fingerprint density at radius 3 is 2.61 bits per heavy atom. The first-order valence-electron chi connectivity index (χ1n) is 6.48. The summed E-state index contributed by atoms with van der Waals surface area (Å²) in [4.78, 5) is 4.51. The van der Waals surface area contributed by atoms with E-state index in [0.717, 1.165) is 29.4 Å². The minimum absolute atomic E-state index is 0.256. The molecule has 0 radical (unpaired) electrons. The molecule has 18 heavy (non-hydrogen) atoms. The van der Waals surface area contributed by atoms with E-state index in [1.807, 2.05) is 13.8 Å². The molecule has 2 atom stereocenters. The molecular formula is C14H24N2OS. The van der Waals surface area contributed by atoms with Crippen molar-refractivity contribution in [1.29, 1.82) is 0 Å². The van der Waals surface area contributed by atoms with Crippen LogP contribution in [0.5, 0.6) is 0 Å². The first kappa shape index (κ1) is 15.3. The maximum Gasteiger partial charge on any atom is 0.0426 e. The van der Waals surface area contributed by atoms with Crippen LogP contribution in [-0.4, -0.2) is 27.2 Å². The lowest BCUT2D eigenvalue weighted by molar-refractivity contribution is 0.588. The van der Waals surface area contributed by atoms with Crippen LogP contribution in [0.15, 0.2) is 6.07 Å². The number of hydrogen-bond acceptors (Lipinski definition) is 3. The third-order valence-electron chi connectivity index (χ3n) is 3.12. The van der Waals surface area contributed by atoms with Gasteiger partial charge in [-0.15, -0.1) is 0 Å². The lowest BCUT2D eigenvalue weighted by Crippen LogP contribution is -2.25. The van der Waals surface area contributed by atoms with Gasteiger partial charge < -0.3 is 5.32 Å². The second-order valence-corrected chi connectivity index (χ2v) is 6.55. The van der Waals surface area contributed by atoms with Gasteiger partial charge in [0, 0.05) is 46.3 Å². The third-order valence-corrected chi connectivity index (χ3v) is 4.42. The summed E-state index contributed by atoms with van der Waals surface area (Å²) >= 11 is 0. The molecule has 1 aromatic heterocycles. The number of aromatic nitrogens is 1. The zero-order valence-electron chi connectivity index (χ0n) is 12.0. The average Bonchev–Trinajstić information content (AvgIpc) is 2.27. The van der Waals surface area contributed by atoms with Crippen molar-refractivity contribution in [2.75, 3.05) is 18.1 Å². The average molecular weight is 268 g/mol. The van der Waals surface area contributed by atoms with Gasteiger partial charge in [-0.2, -0.15) is 0 Å².